The number of aliphatic hydroxyl groups is 1. The summed E-state index contributed by atoms with van der Waals surface area (Å²) in [6.45, 7) is 3.71. The zero-order valence-corrected chi connectivity index (χ0v) is 11.3. The van der Waals surface area contributed by atoms with Crippen molar-refractivity contribution in [3.05, 3.63) is 12.7 Å². The highest BCUT2D eigenvalue weighted by atomic mass is 16.6. The molecule has 1 rings (SSSR count). The number of ether oxygens (including phenoxy) is 1. The average Bonchev–Trinajstić information content (AvgIpc) is 2.79. The van der Waals surface area contributed by atoms with E-state index in [9.17, 15) is 9.90 Å². The Morgan fingerprint density at radius 3 is 2.56 bits per heavy atom. The van der Waals surface area contributed by atoms with Crippen molar-refractivity contribution in [1.82, 2.24) is 0 Å². The second-order valence-electron chi connectivity index (χ2n) is 5.12. The Labute approximate surface area is 110 Å². The molecule has 3 heteroatoms. The van der Waals surface area contributed by atoms with E-state index in [0.29, 0.717) is 12.8 Å². The van der Waals surface area contributed by atoms with E-state index < -0.39 is 6.10 Å². The third-order valence-corrected chi connectivity index (χ3v) is 3.50. The molecule has 1 aliphatic rings. The lowest BCUT2D eigenvalue weighted by Crippen LogP contribution is -2.25. The van der Waals surface area contributed by atoms with Crippen LogP contribution in [0.1, 0.15) is 64.2 Å². The minimum absolute atomic E-state index is 0.165. The third-order valence-electron chi connectivity index (χ3n) is 3.50. The molecule has 1 fully saturated rings. The topological polar surface area (TPSA) is 46.5 Å². The van der Waals surface area contributed by atoms with Crippen molar-refractivity contribution in [3.8, 4) is 0 Å². The zero-order chi connectivity index (χ0) is 13.2. The van der Waals surface area contributed by atoms with Gasteiger partial charge in [-0.05, 0) is 25.7 Å². The molecule has 0 aliphatic carbocycles. The Morgan fingerprint density at radius 2 is 1.94 bits per heavy atom. The van der Waals surface area contributed by atoms with Crippen LogP contribution in [-0.4, -0.2) is 23.3 Å². The summed E-state index contributed by atoms with van der Waals surface area (Å²) in [7, 11) is 0. The minimum atomic E-state index is -0.461. The average molecular weight is 254 g/mol. The van der Waals surface area contributed by atoms with Crippen LogP contribution in [0.5, 0.6) is 0 Å². The lowest BCUT2D eigenvalue weighted by Gasteiger charge is -2.16. The first kappa shape index (κ1) is 15.2. The predicted octanol–water partition coefficient (Wildman–Crippen LogP) is 3.36. The number of rotatable bonds is 10. The summed E-state index contributed by atoms with van der Waals surface area (Å²) in [5.41, 5.74) is 0. The monoisotopic (exact) mass is 254 g/mol. The molecule has 2 atom stereocenters. The van der Waals surface area contributed by atoms with Gasteiger partial charge in [0.15, 0.2) is 0 Å². The molecule has 0 aromatic rings. The summed E-state index contributed by atoms with van der Waals surface area (Å²) in [5, 5.41) is 9.85. The molecule has 0 radical (unpaired) electrons. The van der Waals surface area contributed by atoms with Crippen LogP contribution >= 0.6 is 0 Å². The smallest absolute Gasteiger partial charge is 0.306 e. The molecule has 0 spiro atoms. The molecule has 1 aliphatic heterocycles. The van der Waals surface area contributed by atoms with Gasteiger partial charge < -0.3 is 9.84 Å². The van der Waals surface area contributed by atoms with Gasteiger partial charge in [0.05, 0.1) is 6.10 Å². The molecule has 0 unspecified atom stereocenters. The van der Waals surface area contributed by atoms with Crippen LogP contribution in [0.2, 0.25) is 0 Å². The SMILES string of the molecule is C=CCCCCCCCC[C@@H](O)[C@H]1CCC(=O)O1. The summed E-state index contributed by atoms with van der Waals surface area (Å²) in [4.78, 5) is 10.9. The van der Waals surface area contributed by atoms with Crippen molar-refractivity contribution in [2.45, 2.75) is 76.4 Å². The van der Waals surface area contributed by atoms with E-state index in [1.807, 2.05) is 6.08 Å². The quantitative estimate of drug-likeness (QED) is 0.369. The van der Waals surface area contributed by atoms with Gasteiger partial charge in [0.2, 0.25) is 0 Å². The van der Waals surface area contributed by atoms with Gasteiger partial charge in [-0.25, -0.2) is 0 Å². The number of carbonyl (C=O) groups is 1. The summed E-state index contributed by atoms with van der Waals surface area (Å²) >= 11 is 0. The van der Waals surface area contributed by atoms with Crippen molar-refractivity contribution in [3.63, 3.8) is 0 Å². The number of aliphatic hydroxyl groups excluding tert-OH is 1. The molecule has 104 valence electrons. The van der Waals surface area contributed by atoms with Gasteiger partial charge in [-0.2, -0.15) is 0 Å². The number of cyclic esters (lactones) is 1. The van der Waals surface area contributed by atoms with E-state index in [0.717, 1.165) is 25.7 Å². The van der Waals surface area contributed by atoms with E-state index in [1.54, 1.807) is 0 Å². The maximum absolute atomic E-state index is 10.9. The fourth-order valence-corrected chi connectivity index (χ4v) is 2.35. The van der Waals surface area contributed by atoms with E-state index in [1.165, 1.54) is 25.7 Å². The van der Waals surface area contributed by atoms with Gasteiger partial charge in [-0.3, -0.25) is 4.79 Å². The standard InChI is InChI=1S/C15H26O3/c1-2-3-4-5-6-7-8-9-10-13(16)14-11-12-15(17)18-14/h2,13-14,16H,1,3-12H2/t13-,14-/m1/s1. The number of unbranched alkanes of at least 4 members (excludes halogenated alkanes) is 6. The van der Waals surface area contributed by atoms with Crippen LogP contribution < -0.4 is 0 Å². The fourth-order valence-electron chi connectivity index (χ4n) is 2.35. The summed E-state index contributed by atoms with van der Waals surface area (Å²) in [6.07, 6.45) is 11.5. The summed E-state index contributed by atoms with van der Waals surface area (Å²) in [5.74, 6) is -0.165. The van der Waals surface area contributed by atoms with Gasteiger partial charge in [0.1, 0.15) is 6.10 Å². The highest BCUT2D eigenvalue weighted by Crippen LogP contribution is 2.20. The lowest BCUT2D eigenvalue weighted by atomic mass is 10.0. The van der Waals surface area contributed by atoms with Crippen LogP contribution in [0, 0.1) is 0 Å². The molecule has 0 saturated carbocycles. The Balaban J connectivity index is 1.91. The Hall–Kier alpha value is -0.830. The first-order valence-corrected chi connectivity index (χ1v) is 7.22. The molecule has 1 saturated heterocycles. The first-order valence-electron chi connectivity index (χ1n) is 7.22. The van der Waals surface area contributed by atoms with Crippen LogP contribution in [0.15, 0.2) is 12.7 Å². The Kier molecular flexibility index (Phi) is 7.74. The van der Waals surface area contributed by atoms with E-state index in [2.05, 4.69) is 6.58 Å². The second kappa shape index (κ2) is 9.15. The van der Waals surface area contributed by atoms with Crippen molar-refractivity contribution in [1.29, 1.82) is 0 Å². The largest absolute Gasteiger partial charge is 0.460 e. The number of esters is 1. The third kappa shape index (κ3) is 6.20. The Bertz CT molecular complexity index is 250. The Morgan fingerprint density at radius 1 is 1.28 bits per heavy atom. The first-order chi connectivity index (χ1) is 8.74. The van der Waals surface area contributed by atoms with Gasteiger partial charge in [0.25, 0.3) is 0 Å². The van der Waals surface area contributed by atoms with Gasteiger partial charge in [0, 0.05) is 6.42 Å². The van der Waals surface area contributed by atoms with Crippen LogP contribution in [0.25, 0.3) is 0 Å². The summed E-state index contributed by atoms with van der Waals surface area (Å²) in [6, 6.07) is 0. The number of allylic oxidation sites excluding steroid dienone is 1. The number of hydrogen-bond acceptors (Lipinski definition) is 3. The second-order valence-corrected chi connectivity index (χ2v) is 5.12. The molecule has 1 heterocycles. The van der Waals surface area contributed by atoms with Gasteiger partial charge in [-0.15, -0.1) is 6.58 Å². The van der Waals surface area contributed by atoms with Crippen molar-refractivity contribution in [2.24, 2.45) is 0 Å². The highest BCUT2D eigenvalue weighted by molar-refractivity contribution is 5.71. The zero-order valence-electron chi connectivity index (χ0n) is 11.3. The predicted molar refractivity (Wildman–Crippen MR) is 72.3 cm³/mol. The highest BCUT2D eigenvalue weighted by Gasteiger charge is 2.29. The van der Waals surface area contributed by atoms with Crippen molar-refractivity contribution in [2.75, 3.05) is 0 Å². The molecular formula is C15H26O3. The minimum Gasteiger partial charge on any atom is -0.460 e. The molecule has 18 heavy (non-hydrogen) atoms. The van der Waals surface area contributed by atoms with Crippen molar-refractivity contribution < 1.29 is 14.6 Å². The van der Waals surface area contributed by atoms with E-state index in [4.69, 9.17) is 4.74 Å². The molecular weight excluding hydrogens is 228 g/mol. The van der Waals surface area contributed by atoms with Gasteiger partial charge in [-0.1, -0.05) is 38.2 Å². The van der Waals surface area contributed by atoms with Gasteiger partial charge >= 0.3 is 5.97 Å². The lowest BCUT2D eigenvalue weighted by molar-refractivity contribution is -0.145. The molecule has 0 amide bonds. The summed E-state index contributed by atoms with van der Waals surface area (Å²) < 4.78 is 5.05. The molecule has 3 nitrogen and oxygen atoms in total. The maximum Gasteiger partial charge on any atom is 0.306 e. The number of hydrogen-bond donors (Lipinski definition) is 1. The maximum atomic E-state index is 10.9. The molecule has 1 N–H and O–H groups in total. The van der Waals surface area contributed by atoms with E-state index in [-0.39, 0.29) is 12.1 Å². The number of carbonyl (C=O) groups excluding carboxylic acids is 1. The van der Waals surface area contributed by atoms with Crippen LogP contribution in [0.4, 0.5) is 0 Å². The van der Waals surface area contributed by atoms with E-state index >= 15 is 0 Å². The molecule has 0 aromatic carbocycles. The normalized spacial score (nSPS) is 20.7. The molecule has 0 bridgehead atoms. The van der Waals surface area contributed by atoms with Crippen molar-refractivity contribution >= 4 is 5.97 Å². The fraction of sp³-hybridized carbons (Fsp3) is 0.800. The van der Waals surface area contributed by atoms with Crippen LogP contribution in [0.3, 0.4) is 0 Å². The molecule has 0 aromatic heterocycles. The van der Waals surface area contributed by atoms with Crippen LogP contribution in [-0.2, 0) is 9.53 Å².